The van der Waals surface area contributed by atoms with Gasteiger partial charge in [-0.05, 0) is 55.0 Å². The van der Waals surface area contributed by atoms with Gasteiger partial charge in [-0.2, -0.15) is 4.98 Å². The van der Waals surface area contributed by atoms with Gasteiger partial charge in [-0.25, -0.2) is 14.4 Å². The number of anilines is 3. The van der Waals surface area contributed by atoms with Gasteiger partial charge in [-0.1, -0.05) is 44.5 Å². The van der Waals surface area contributed by atoms with Crippen LogP contribution in [0.15, 0.2) is 48.1 Å². The Balaban J connectivity index is 0.834. The number of aliphatic hydroxyl groups is 1. The van der Waals surface area contributed by atoms with Gasteiger partial charge in [0.25, 0.3) is 11.8 Å². The highest BCUT2D eigenvalue weighted by Gasteiger charge is 2.53. The van der Waals surface area contributed by atoms with E-state index in [0.29, 0.717) is 97.6 Å². The number of ether oxygens (including phenoxy) is 4. The van der Waals surface area contributed by atoms with E-state index < -0.39 is 47.0 Å². The van der Waals surface area contributed by atoms with Crippen LogP contribution >= 0.6 is 22.9 Å². The number of aryl methyl sites for hydroxylation is 1. The smallest absolute Gasteiger partial charge is 0.258 e. The molecule has 3 atom stereocenters. The molecule has 71 heavy (non-hydrogen) atoms. The fraction of sp³-hybridized carbons (Fsp3) is 0.531. The van der Waals surface area contributed by atoms with E-state index in [-0.39, 0.29) is 51.5 Å². The fourth-order valence-corrected chi connectivity index (χ4v) is 9.29. The fourth-order valence-electron chi connectivity index (χ4n) is 8.31. The number of likely N-dealkylation sites (tertiary alicyclic amines) is 1. The Morgan fingerprint density at radius 2 is 1.72 bits per heavy atom. The summed E-state index contributed by atoms with van der Waals surface area (Å²) in [6, 6.07) is 8.81. The maximum Gasteiger partial charge on any atom is 0.258 e. The molecule has 0 bridgehead atoms. The summed E-state index contributed by atoms with van der Waals surface area (Å²) < 4.78 is 38.2. The van der Waals surface area contributed by atoms with Gasteiger partial charge in [-0.15, -0.1) is 11.3 Å². The monoisotopic (exact) mass is 1020 g/mol. The molecule has 0 radical (unpaired) electrons. The third-order valence-electron chi connectivity index (χ3n) is 12.6. The minimum absolute atomic E-state index is 0.0119. The Kier molecular flexibility index (Phi) is 17.7. The van der Waals surface area contributed by atoms with Gasteiger partial charge in [0.05, 0.1) is 67.6 Å². The number of aliphatic hydroxyl groups excluding tert-OH is 1. The van der Waals surface area contributed by atoms with Crippen LogP contribution in [0.2, 0.25) is 5.02 Å². The van der Waals surface area contributed by atoms with Crippen molar-refractivity contribution in [2.75, 3.05) is 97.1 Å². The molecule has 19 nitrogen and oxygen atoms in total. The maximum atomic E-state index is 14.6. The molecule has 2 aromatic heterocycles. The second-order valence-corrected chi connectivity index (χ2v) is 20.1. The van der Waals surface area contributed by atoms with Gasteiger partial charge in [0, 0.05) is 70.4 Å². The van der Waals surface area contributed by atoms with Crippen molar-refractivity contribution in [1.29, 1.82) is 0 Å². The summed E-state index contributed by atoms with van der Waals surface area (Å²) in [6.07, 6.45) is 0.753. The molecule has 7 rings (SSSR count). The third kappa shape index (κ3) is 13.6. The van der Waals surface area contributed by atoms with Crippen LogP contribution in [-0.4, -0.2) is 169 Å². The summed E-state index contributed by atoms with van der Waals surface area (Å²) >= 11 is 7.62. The summed E-state index contributed by atoms with van der Waals surface area (Å²) in [5.41, 5.74) is 2.58. The van der Waals surface area contributed by atoms with Crippen molar-refractivity contribution in [2.24, 2.45) is 5.41 Å². The molecular formula is C49H64ClFN10O9S. The number of nitrogens with one attached hydrogen (secondary N) is 4. The molecule has 4 heterocycles. The Morgan fingerprint density at radius 1 is 0.986 bits per heavy atom. The maximum absolute atomic E-state index is 14.6. The van der Waals surface area contributed by atoms with Crippen LogP contribution in [0.5, 0.6) is 11.5 Å². The molecule has 2 saturated heterocycles. The predicted molar refractivity (Wildman–Crippen MR) is 267 cm³/mol. The van der Waals surface area contributed by atoms with Crippen molar-refractivity contribution >= 4 is 64.0 Å². The van der Waals surface area contributed by atoms with E-state index in [4.69, 9.17) is 30.5 Å². The summed E-state index contributed by atoms with van der Waals surface area (Å²) in [5.74, 6) is -0.130. The quantitative estimate of drug-likeness (QED) is 0.0666. The average molecular weight is 1020 g/mol. The standard InChI is InChI=1S/C49H64ClFN10O9S/c1-30-40(71-29-55-30)31-7-8-33(26-53-43(63)37-25-34(62)28-61(37)45(65)41(48(2,3)4)57-46(66)49(51)11-12-49)38(23-31)70-22-21-69-20-19-68-18-17-59-13-15-60(16-14-59)44(64)32-9-10-36(39(24-32)67-6)56-47-54-27-35(50)42(52-5)58-47/h7-10,23-24,27,29,34,37,41,62H,11-22,25-26,28H2,1-6H3,(H,53,63)(H,57,66)(H2,52,54,56,58)/t34-,37-,41-/m1/s1. The molecule has 1 saturated carbocycles. The van der Waals surface area contributed by atoms with Crippen molar-refractivity contribution in [2.45, 2.75) is 77.4 Å². The van der Waals surface area contributed by atoms with Crippen LogP contribution < -0.4 is 30.7 Å². The van der Waals surface area contributed by atoms with E-state index >= 15 is 0 Å². The Hall–Kier alpha value is -5.71. The highest BCUT2D eigenvalue weighted by Crippen LogP contribution is 2.41. The van der Waals surface area contributed by atoms with E-state index in [1.807, 2.05) is 30.0 Å². The van der Waals surface area contributed by atoms with Crippen LogP contribution in [0.3, 0.4) is 0 Å². The highest BCUT2D eigenvalue weighted by molar-refractivity contribution is 7.13. The minimum Gasteiger partial charge on any atom is -0.495 e. The molecule has 0 spiro atoms. The number of rotatable bonds is 22. The van der Waals surface area contributed by atoms with Gasteiger partial charge < -0.3 is 55.1 Å². The summed E-state index contributed by atoms with van der Waals surface area (Å²) in [6.45, 7) is 12.2. The number of thiazole rings is 1. The second kappa shape index (κ2) is 23.7. The SMILES string of the molecule is CNc1nc(Nc2ccc(C(=O)N3CCN(CCOCCOCCOc4cc(-c5scnc5C)ccc4CNC(=O)[C@H]4C[C@@H](O)CN4C(=O)[C@@H](NC(=O)C4(F)CC4)C(C)(C)C)CC3)cc2OC)ncc1Cl. The van der Waals surface area contributed by atoms with Crippen LogP contribution in [-0.2, 0) is 30.4 Å². The molecule has 2 aromatic carbocycles. The van der Waals surface area contributed by atoms with Gasteiger partial charge in [0.15, 0.2) is 5.67 Å². The molecule has 3 fully saturated rings. The number of benzene rings is 2. The zero-order valence-electron chi connectivity index (χ0n) is 41.0. The Bertz CT molecular complexity index is 2520. The van der Waals surface area contributed by atoms with Crippen molar-refractivity contribution < 1.29 is 47.6 Å². The lowest BCUT2D eigenvalue weighted by Crippen LogP contribution is -2.59. The average Bonchev–Trinajstić information content (AvgIpc) is 3.76. The van der Waals surface area contributed by atoms with E-state index in [1.54, 1.807) is 51.5 Å². The second-order valence-electron chi connectivity index (χ2n) is 18.8. The zero-order valence-corrected chi connectivity index (χ0v) is 42.6. The number of aromatic nitrogens is 3. The van der Waals surface area contributed by atoms with Gasteiger partial charge >= 0.3 is 0 Å². The van der Waals surface area contributed by atoms with Gasteiger partial charge in [0.1, 0.15) is 41.0 Å². The number of hydrogen-bond acceptors (Lipinski definition) is 16. The summed E-state index contributed by atoms with van der Waals surface area (Å²) in [7, 11) is 3.25. The molecule has 384 valence electrons. The van der Waals surface area contributed by atoms with Gasteiger partial charge in [0.2, 0.25) is 17.8 Å². The lowest BCUT2D eigenvalue weighted by atomic mass is 9.85. The molecule has 0 unspecified atom stereocenters. The first-order valence-corrected chi connectivity index (χ1v) is 25.0. The Labute approximate surface area is 422 Å². The van der Waals surface area contributed by atoms with E-state index in [9.17, 15) is 28.7 Å². The van der Waals surface area contributed by atoms with Crippen molar-refractivity contribution in [3.05, 3.63) is 69.9 Å². The van der Waals surface area contributed by atoms with E-state index in [2.05, 4.69) is 41.1 Å². The molecule has 2 aliphatic heterocycles. The topological polar surface area (TPSA) is 222 Å². The number of amides is 4. The zero-order chi connectivity index (χ0) is 50.9. The first-order chi connectivity index (χ1) is 34.0. The first kappa shape index (κ1) is 53.1. The number of hydrogen-bond donors (Lipinski definition) is 5. The predicted octanol–water partition coefficient (Wildman–Crippen LogP) is 4.84. The molecule has 1 aliphatic carbocycles. The Morgan fingerprint density at radius 3 is 2.39 bits per heavy atom. The first-order valence-electron chi connectivity index (χ1n) is 23.7. The number of piperazine rings is 1. The largest absolute Gasteiger partial charge is 0.495 e. The van der Waals surface area contributed by atoms with Gasteiger partial charge in [-0.3, -0.25) is 24.1 Å². The molecule has 5 N–H and O–H groups in total. The van der Waals surface area contributed by atoms with Crippen LogP contribution in [0.25, 0.3) is 10.4 Å². The number of β-amino-alcohol motifs (C(OH)–C–C–N with tert-alkyl or cyclic N) is 1. The molecule has 4 amide bonds. The van der Waals surface area contributed by atoms with Crippen molar-refractivity contribution in [3.8, 4) is 21.9 Å². The highest BCUT2D eigenvalue weighted by atomic mass is 35.5. The minimum atomic E-state index is -1.98. The number of alkyl halides is 1. The van der Waals surface area contributed by atoms with E-state index in [0.717, 1.165) is 16.1 Å². The summed E-state index contributed by atoms with van der Waals surface area (Å²) in [5, 5.41) is 22.6. The lowest BCUT2D eigenvalue weighted by Gasteiger charge is -2.35. The molecular weight excluding hydrogens is 959 g/mol. The normalized spacial score (nSPS) is 18.2. The van der Waals surface area contributed by atoms with E-state index in [1.165, 1.54) is 29.5 Å². The molecule has 22 heteroatoms. The van der Waals surface area contributed by atoms with Crippen molar-refractivity contribution in [3.63, 3.8) is 0 Å². The third-order valence-corrected chi connectivity index (χ3v) is 13.9. The van der Waals surface area contributed by atoms with Crippen LogP contribution in [0, 0.1) is 12.3 Å². The number of nitrogens with zero attached hydrogens (tertiary/aromatic N) is 6. The number of methoxy groups -OCH3 is 1. The number of carbonyl (C=O) groups excluding carboxylic acids is 4. The molecule has 4 aromatic rings. The summed E-state index contributed by atoms with van der Waals surface area (Å²) in [4.78, 5) is 73.1. The lowest BCUT2D eigenvalue weighted by molar-refractivity contribution is -0.145. The van der Waals surface area contributed by atoms with Crippen LogP contribution in [0.4, 0.5) is 21.8 Å². The molecule has 3 aliphatic rings. The van der Waals surface area contributed by atoms with Crippen LogP contribution in [0.1, 0.15) is 61.6 Å². The number of carbonyl (C=O) groups is 4. The van der Waals surface area contributed by atoms with Crippen molar-refractivity contribution in [1.82, 2.24) is 40.3 Å². The number of halogens is 2.